The molecule has 22 heavy (non-hydrogen) atoms. The van der Waals surface area contributed by atoms with Crippen LogP contribution in [0.15, 0.2) is 30.5 Å². The minimum atomic E-state index is -0.712. The van der Waals surface area contributed by atoms with Crippen LogP contribution in [0.1, 0.15) is 37.7 Å². The lowest BCUT2D eigenvalue weighted by atomic mass is 9.76. The van der Waals surface area contributed by atoms with Gasteiger partial charge in [-0.3, -0.25) is 4.98 Å². The molecule has 0 aliphatic heterocycles. The van der Waals surface area contributed by atoms with Gasteiger partial charge in [-0.2, -0.15) is 0 Å². The third-order valence-corrected chi connectivity index (χ3v) is 4.33. The molecule has 2 aromatic rings. The normalized spacial score (nSPS) is 25.2. The molecule has 3 unspecified atom stereocenters. The van der Waals surface area contributed by atoms with Crippen molar-refractivity contribution in [3.05, 3.63) is 53.7 Å². The first kappa shape index (κ1) is 15.1. The smallest absolute Gasteiger partial charge is 0.134 e. The molecule has 1 radical (unpaired) electrons. The van der Waals surface area contributed by atoms with Crippen LogP contribution in [0.25, 0.3) is 11.3 Å². The molecule has 1 aromatic carbocycles. The summed E-state index contributed by atoms with van der Waals surface area (Å²) in [6, 6.07) is 8.61. The van der Waals surface area contributed by atoms with Crippen molar-refractivity contribution in [3.63, 3.8) is 0 Å². The van der Waals surface area contributed by atoms with E-state index >= 15 is 0 Å². The number of hydrogen-bond donors (Lipinski definition) is 1. The largest absolute Gasteiger partial charge is 0.328 e. The lowest BCUT2D eigenvalue weighted by Crippen LogP contribution is -2.30. The predicted molar refractivity (Wildman–Crippen MR) is 82.2 cm³/mol. The van der Waals surface area contributed by atoms with Gasteiger partial charge in [0.2, 0.25) is 0 Å². The highest BCUT2D eigenvalue weighted by atomic mass is 19.1. The van der Waals surface area contributed by atoms with Gasteiger partial charge in [0.15, 0.2) is 0 Å². The first-order valence-electron chi connectivity index (χ1n) is 7.61. The highest BCUT2D eigenvalue weighted by molar-refractivity contribution is 5.60. The number of rotatable bonds is 2. The Bertz CT molecular complexity index is 642. The Morgan fingerprint density at radius 2 is 1.86 bits per heavy atom. The van der Waals surface area contributed by atoms with Crippen LogP contribution in [0.3, 0.4) is 0 Å². The van der Waals surface area contributed by atoms with Crippen molar-refractivity contribution in [3.8, 4) is 11.3 Å². The van der Waals surface area contributed by atoms with E-state index < -0.39 is 11.6 Å². The van der Waals surface area contributed by atoms with Gasteiger partial charge in [-0.15, -0.1) is 0 Å². The molecule has 1 aromatic heterocycles. The van der Waals surface area contributed by atoms with E-state index in [1.54, 1.807) is 6.20 Å². The summed E-state index contributed by atoms with van der Waals surface area (Å²) < 4.78 is 26.7. The summed E-state index contributed by atoms with van der Waals surface area (Å²) in [5, 5.41) is 0. The molecular formula is C18H19F2N2. The van der Waals surface area contributed by atoms with Crippen molar-refractivity contribution in [2.45, 2.75) is 38.1 Å². The van der Waals surface area contributed by atoms with E-state index in [2.05, 4.69) is 11.9 Å². The number of aromatic nitrogens is 1. The first-order valence-corrected chi connectivity index (χ1v) is 7.61. The predicted octanol–water partition coefficient (Wildman–Crippen LogP) is 4.06. The fourth-order valence-electron chi connectivity index (χ4n) is 3.44. The Morgan fingerprint density at radius 1 is 1.14 bits per heavy atom. The van der Waals surface area contributed by atoms with Crippen molar-refractivity contribution in [1.29, 1.82) is 0 Å². The molecule has 1 heterocycles. The highest BCUT2D eigenvalue weighted by Gasteiger charge is 2.25. The summed E-state index contributed by atoms with van der Waals surface area (Å²) in [7, 11) is 0. The zero-order valence-corrected chi connectivity index (χ0v) is 12.5. The Labute approximate surface area is 129 Å². The van der Waals surface area contributed by atoms with E-state index in [-0.39, 0.29) is 6.04 Å². The third-order valence-electron chi connectivity index (χ3n) is 4.33. The molecule has 115 valence electrons. The number of nitrogens with two attached hydrogens (primary N) is 1. The summed E-state index contributed by atoms with van der Waals surface area (Å²) in [5.74, 6) is -0.455. The van der Waals surface area contributed by atoms with Crippen LogP contribution in [0.5, 0.6) is 0 Å². The average Bonchev–Trinajstić information content (AvgIpc) is 2.45. The zero-order valence-electron chi connectivity index (χ0n) is 12.5. The second kappa shape index (κ2) is 6.13. The molecule has 0 saturated heterocycles. The fourth-order valence-corrected chi connectivity index (χ4v) is 3.44. The van der Waals surface area contributed by atoms with Gasteiger partial charge < -0.3 is 5.73 Å². The van der Waals surface area contributed by atoms with Crippen LogP contribution in [0.2, 0.25) is 0 Å². The van der Waals surface area contributed by atoms with Crippen LogP contribution in [-0.2, 0) is 0 Å². The Hall–Kier alpha value is -1.81. The molecule has 1 saturated carbocycles. The summed E-state index contributed by atoms with van der Waals surface area (Å²) in [6.45, 7) is 2.21. The van der Waals surface area contributed by atoms with Gasteiger partial charge in [0.25, 0.3) is 0 Å². The second-order valence-corrected chi connectivity index (χ2v) is 6.31. The lowest BCUT2D eigenvalue weighted by Gasteiger charge is -2.31. The minimum Gasteiger partial charge on any atom is -0.328 e. The van der Waals surface area contributed by atoms with E-state index in [0.717, 1.165) is 24.8 Å². The molecule has 3 rings (SSSR count). The van der Waals surface area contributed by atoms with Crippen molar-refractivity contribution in [1.82, 2.24) is 4.98 Å². The topological polar surface area (TPSA) is 38.9 Å². The van der Waals surface area contributed by atoms with Crippen molar-refractivity contribution in [2.75, 3.05) is 0 Å². The number of hydrogen-bond acceptors (Lipinski definition) is 2. The number of pyridine rings is 1. The summed E-state index contributed by atoms with van der Waals surface area (Å²) in [5.41, 5.74) is 8.28. The molecule has 2 N–H and O–H groups in total. The van der Waals surface area contributed by atoms with Crippen LogP contribution in [0.4, 0.5) is 8.78 Å². The number of halogens is 2. The quantitative estimate of drug-likeness (QED) is 0.908. The maximum absolute atomic E-state index is 13.3. The third kappa shape index (κ3) is 3.33. The molecular weight excluding hydrogens is 282 g/mol. The average molecular weight is 301 g/mol. The van der Waals surface area contributed by atoms with E-state index in [0.29, 0.717) is 23.1 Å². The number of nitrogens with zero attached hydrogens (tertiary/aromatic N) is 1. The van der Waals surface area contributed by atoms with Gasteiger partial charge in [0.05, 0.1) is 11.8 Å². The molecule has 3 atom stereocenters. The molecule has 1 fully saturated rings. The van der Waals surface area contributed by atoms with Crippen molar-refractivity contribution < 1.29 is 8.78 Å². The first-order chi connectivity index (χ1) is 10.5. The Morgan fingerprint density at radius 3 is 2.55 bits per heavy atom. The van der Waals surface area contributed by atoms with Gasteiger partial charge in [0, 0.05) is 17.8 Å². The van der Waals surface area contributed by atoms with E-state index in [9.17, 15) is 8.78 Å². The highest BCUT2D eigenvalue weighted by Crippen LogP contribution is 2.36. The summed E-state index contributed by atoms with van der Waals surface area (Å²) >= 11 is 0. The van der Waals surface area contributed by atoms with E-state index in [1.165, 1.54) is 12.1 Å². The van der Waals surface area contributed by atoms with Gasteiger partial charge in [-0.25, -0.2) is 8.78 Å². The van der Waals surface area contributed by atoms with E-state index in [4.69, 9.17) is 5.73 Å². The summed E-state index contributed by atoms with van der Waals surface area (Å²) in [6.07, 6.45) is 4.78. The van der Waals surface area contributed by atoms with Crippen LogP contribution in [-0.4, -0.2) is 11.0 Å². The molecule has 0 bridgehead atoms. The molecule has 1 aliphatic rings. The molecule has 2 nitrogen and oxygen atoms in total. The van der Waals surface area contributed by atoms with Gasteiger partial charge >= 0.3 is 0 Å². The molecule has 4 heteroatoms. The number of benzene rings is 1. The lowest BCUT2D eigenvalue weighted by molar-refractivity contribution is 0.308. The second-order valence-electron chi connectivity index (χ2n) is 6.31. The fraction of sp³-hybridized carbons (Fsp3) is 0.389. The van der Waals surface area contributed by atoms with Crippen molar-refractivity contribution in [2.24, 2.45) is 11.7 Å². The van der Waals surface area contributed by atoms with Crippen LogP contribution >= 0.6 is 0 Å². The SMILES string of the molecule is CC1CC(N)CC(c2ccnc(-c3cc(F)[c]c(F)c3)c2)C1. The van der Waals surface area contributed by atoms with Gasteiger partial charge in [-0.1, -0.05) is 6.92 Å². The maximum Gasteiger partial charge on any atom is 0.134 e. The van der Waals surface area contributed by atoms with Crippen LogP contribution < -0.4 is 5.73 Å². The van der Waals surface area contributed by atoms with Crippen molar-refractivity contribution >= 4 is 0 Å². The Balaban J connectivity index is 1.92. The maximum atomic E-state index is 13.3. The molecule has 1 aliphatic carbocycles. The Kier molecular flexibility index (Phi) is 4.21. The van der Waals surface area contributed by atoms with Gasteiger partial charge in [-0.05, 0) is 60.9 Å². The monoisotopic (exact) mass is 301 g/mol. The van der Waals surface area contributed by atoms with Crippen LogP contribution in [0, 0.1) is 23.6 Å². The zero-order chi connectivity index (χ0) is 15.7. The van der Waals surface area contributed by atoms with Gasteiger partial charge in [0.1, 0.15) is 11.6 Å². The summed E-state index contributed by atoms with van der Waals surface area (Å²) in [4.78, 5) is 4.25. The van der Waals surface area contributed by atoms with E-state index in [1.807, 2.05) is 18.2 Å². The molecule has 0 amide bonds. The standard InChI is InChI=1S/C18H19F2N2/c1-11-4-13(8-17(21)5-11)12-2-3-22-18(9-12)14-6-15(19)10-16(20)7-14/h2-3,6-7,9,11,13,17H,4-5,8,21H2,1H3. The molecule has 0 spiro atoms. The minimum absolute atomic E-state index is 0.214.